The molecule has 1 aliphatic heterocycles. The molecule has 9 heteroatoms. The van der Waals surface area contributed by atoms with Gasteiger partial charge in [0.2, 0.25) is 0 Å². The summed E-state index contributed by atoms with van der Waals surface area (Å²) in [5, 5.41) is 2.23. The number of amides is 4. The maximum absolute atomic E-state index is 13.2. The summed E-state index contributed by atoms with van der Waals surface area (Å²) >= 11 is 3.48. The number of benzene rings is 3. The van der Waals surface area contributed by atoms with Gasteiger partial charge in [-0.2, -0.15) is 0 Å². The van der Waals surface area contributed by atoms with Crippen molar-refractivity contribution in [3.05, 3.63) is 87.4 Å². The number of ether oxygens (including phenoxy) is 3. The van der Waals surface area contributed by atoms with Crippen molar-refractivity contribution in [1.29, 1.82) is 0 Å². The molecule has 0 bridgehead atoms. The Labute approximate surface area is 223 Å². The van der Waals surface area contributed by atoms with Gasteiger partial charge in [0, 0.05) is 0 Å². The van der Waals surface area contributed by atoms with Crippen LogP contribution in [0.1, 0.15) is 16.7 Å². The number of halogens is 1. The lowest BCUT2D eigenvalue weighted by molar-refractivity contribution is -0.122. The zero-order valence-corrected chi connectivity index (χ0v) is 22.1. The van der Waals surface area contributed by atoms with Crippen molar-refractivity contribution < 1.29 is 28.6 Å². The Kier molecular flexibility index (Phi) is 7.93. The number of barbiturate groups is 1. The van der Waals surface area contributed by atoms with Gasteiger partial charge in [-0.25, -0.2) is 9.69 Å². The van der Waals surface area contributed by atoms with Gasteiger partial charge >= 0.3 is 6.03 Å². The lowest BCUT2D eigenvalue weighted by Gasteiger charge is -2.26. The minimum absolute atomic E-state index is 0.185. The molecule has 8 nitrogen and oxygen atoms in total. The molecular weight excluding hydrogens is 540 g/mol. The fourth-order valence-corrected chi connectivity index (χ4v) is 4.30. The maximum atomic E-state index is 13.2. The van der Waals surface area contributed by atoms with Gasteiger partial charge in [-0.15, -0.1) is 0 Å². The zero-order chi connectivity index (χ0) is 26.5. The van der Waals surface area contributed by atoms with Gasteiger partial charge in [0.05, 0.1) is 17.3 Å². The molecule has 1 saturated heterocycles. The lowest BCUT2D eigenvalue weighted by atomic mass is 10.1. The van der Waals surface area contributed by atoms with Crippen LogP contribution < -0.4 is 24.4 Å². The van der Waals surface area contributed by atoms with E-state index < -0.39 is 17.8 Å². The first-order valence-electron chi connectivity index (χ1n) is 11.4. The second-order valence-electron chi connectivity index (χ2n) is 8.34. The molecular formula is C28H25BrN2O6. The number of hydrogen-bond donors (Lipinski definition) is 1. The van der Waals surface area contributed by atoms with Gasteiger partial charge in [0.25, 0.3) is 11.8 Å². The van der Waals surface area contributed by atoms with Crippen LogP contribution >= 0.6 is 15.9 Å². The summed E-state index contributed by atoms with van der Waals surface area (Å²) in [5.74, 6) is 0.0985. The minimum atomic E-state index is -0.798. The molecule has 0 unspecified atom stereocenters. The predicted molar refractivity (Wildman–Crippen MR) is 143 cm³/mol. The Morgan fingerprint density at radius 2 is 1.65 bits per heavy atom. The van der Waals surface area contributed by atoms with Crippen LogP contribution in [0.15, 0.2) is 70.7 Å². The van der Waals surface area contributed by atoms with Gasteiger partial charge in [-0.05, 0) is 83.4 Å². The first kappa shape index (κ1) is 26.0. The lowest BCUT2D eigenvalue weighted by Crippen LogP contribution is -2.54. The summed E-state index contributed by atoms with van der Waals surface area (Å²) in [6.45, 7) is 4.44. The first-order valence-corrected chi connectivity index (χ1v) is 12.2. The summed E-state index contributed by atoms with van der Waals surface area (Å²) in [5.41, 5.74) is 2.71. The topological polar surface area (TPSA) is 94.2 Å². The number of nitrogens with zero attached hydrogens (tertiary/aromatic N) is 1. The molecule has 1 aliphatic rings. The molecule has 1 fully saturated rings. The van der Waals surface area contributed by atoms with Crippen molar-refractivity contribution in [3.63, 3.8) is 0 Å². The van der Waals surface area contributed by atoms with E-state index in [1.165, 1.54) is 13.2 Å². The number of urea groups is 1. The van der Waals surface area contributed by atoms with Crippen LogP contribution in [0.3, 0.4) is 0 Å². The summed E-state index contributed by atoms with van der Waals surface area (Å²) in [6, 6.07) is 17.2. The van der Waals surface area contributed by atoms with Gasteiger partial charge in [0.15, 0.2) is 11.5 Å². The van der Waals surface area contributed by atoms with Crippen molar-refractivity contribution >= 4 is 45.5 Å². The highest BCUT2D eigenvalue weighted by Crippen LogP contribution is 2.37. The third-order valence-electron chi connectivity index (χ3n) is 5.54. The number of carbonyl (C=O) groups is 3. The average molecular weight is 565 g/mol. The number of aryl methyl sites for hydroxylation is 2. The summed E-state index contributed by atoms with van der Waals surface area (Å²) in [4.78, 5) is 39.1. The van der Waals surface area contributed by atoms with Gasteiger partial charge < -0.3 is 14.2 Å². The second-order valence-corrected chi connectivity index (χ2v) is 9.20. The third kappa shape index (κ3) is 6.00. The van der Waals surface area contributed by atoms with E-state index in [0.29, 0.717) is 33.8 Å². The number of methoxy groups -OCH3 is 1. The van der Waals surface area contributed by atoms with Crippen LogP contribution in [-0.2, 0) is 9.59 Å². The second kappa shape index (κ2) is 11.3. The molecule has 0 aromatic heterocycles. The van der Waals surface area contributed by atoms with E-state index in [-0.39, 0.29) is 12.2 Å². The fraction of sp³-hybridized carbons (Fsp3) is 0.179. The standard InChI is InChI=1S/C28H25BrN2O6/c1-17-7-9-21(10-8-17)36-11-12-37-25-23(29)15-19(16-24(25)35-3)14-22-26(32)30-28(34)31(27(22)33)20-6-4-5-18(2)13-20/h4-10,13-16H,11-12H2,1-3H3,(H,30,32,34)/b22-14-. The van der Waals surface area contributed by atoms with Crippen LogP contribution in [0.4, 0.5) is 10.5 Å². The Morgan fingerprint density at radius 3 is 2.35 bits per heavy atom. The molecule has 37 heavy (non-hydrogen) atoms. The molecule has 0 atom stereocenters. The molecule has 0 spiro atoms. The minimum Gasteiger partial charge on any atom is -0.493 e. The molecule has 1 heterocycles. The molecule has 4 amide bonds. The van der Waals surface area contributed by atoms with E-state index in [4.69, 9.17) is 14.2 Å². The molecule has 190 valence electrons. The predicted octanol–water partition coefficient (Wildman–Crippen LogP) is 5.20. The molecule has 0 radical (unpaired) electrons. The Morgan fingerprint density at radius 1 is 0.919 bits per heavy atom. The molecule has 1 N–H and O–H groups in total. The summed E-state index contributed by atoms with van der Waals surface area (Å²) in [6.07, 6.45) is 1.41. The maximum Gasteiger partial charge on any atom is 0.335 e. The normalized spacial score (nSPS) is 14.5. The van der Waals surface area contributed by atoms with E-state index in [1.807, 2.05) is 44.2 Å². The number of anilines is 1. The Hall–Kier alpha value is -4.11. The van der Waals surface area contributed by atoms with Gasteiger partial charge in [-0.3, -0.25) is 14.9 Å². The molecule has 4 rings (SSSR count). The van der Waals surface area contributed by atoms with Gasteiger partial charge in [-0.1, -0.05) is 29.8 Å². The number of nitrogens with one attached hydrogen (secondary N) is 1. The fourth-order valence-electron chi connectivity index (χ4n) is 3.73. The van der Waals surface area contributed by atoms with Crippen LogP contribution in [-0.4, -0.2) is 38.2 Å². The van der Waals surface area contributed by atoms with Crippen molar-refractivity contribution in [2.45, 2.75) is 13.8 Å². The number of hydrogen-bond acceptors (Lipinski definition) is 6. The van der Waals surface area contributed by atoms with Crippen molar-refractivity contribution in [2.24, 2.45) is 0 Å². The van der Waals surface area contributed by atoms with Crippen molar-refractivity contribution in [2.75, 3.05) is 25.2 Å². The summed E-state index contributed by atoms with van der Waals surface area (Å²) in [7, 11) is 1.49. The largest absolute Gasteiger partial charge is 0.493 e. The smallest absolute Gasteiger partial charge is 0.335 e. The van der Waals surface area contributed by atoms with Gasteiger partial charge in [0.1, 0.15) is 24.5 Å². The van der Waals surface area contributed by atoms with E-state index in [0.717, 1.165) is 21.8 Å². The number of imide groups is 2. The third-order valence-corrected chi connectivity index (χ3v) is 6.13. The average Bonchev–Trinajstić information content (AvgIpc) is 2.86. The Bertz CT molecular complexity index is 1380. The number of rotatable bonds is 8. The van der Waals surface area contributed by atoms with E-state index in [9.17, 15) is 14.4 Å². The highest BCUT2D eigenvalue weighted by Gasteiger charge is 2.36. The van der Waals surface area contributed by atoms with E-state index in [2.05, 4.69) is 21.2 Å². The Balaban J connectivity index is 1.53. The zero-order valence-electron chi connectivity index (χ0n) is 20.5. The van der Waals surface area contributed by atoms with E-state index in [1.54, 1.807) is 30.3 Å². The highest BCUT2D eigenvalue weighted by atomic mass is 79.9. The summed E-state index contributed by atoms with van der Waals surface area (Å²) < 4.78 is 17.6. The van der Waals surface area contributed by atoms with Crippen LogP contribution in [0.25, 0.3) is 6.08 Å². The molecule has 0 aliphatic carbocycles. The first-order chi connectivity index (χ1) is 17.8. The quantitative estimate of drug-likeness (QED) is 0.229. The van der Waals surface area contributed by atoms with Crippen LogP contribution in [0.2, 0.25) is 0 Å². The highest BCUT2D eigenvalue weighted by molar-refractivity contribution is 9.10. The SMILES string of the molecule is COc1cc(/C=C2/C(=O)NC(=O)N(c3cccc(C)c3)C2=O)cc(Br)c1OCCOc1ccc(C)cc1. The number of carbonyl (C=O) groups excluding carboxylic acids is 3. The molecule has 0 saturated carbocycles. The molecule has 3 aromatic rings. The van der Waals surface area contributed by atoms with Crippen molar-refractivity contribution in [3.8, 4) is 17.2 Å². The monoisotopic (exact) mass is 564 g/mol. The van der Waals surface area contributed by atoms with Crippen LogP contribution in [0, 0.1) is 13.8 Å². The van der Waals surface area contributed by atoms with Crippen LogP contribution in [0.5, 0.6) is 17.2 Å². The van der Waals surface area contributed by atoms with E-state index >= 15 is 0 Å². The molecule has 3 aromatic carbocycles. The van der Waals surface area contributed by atoms with Crippen molar-refractivity contribution in [1.82, 2.24) is 5.32 Å².